The number of amides is 1. The Kier molecular flexibility index (Phi) is 5.83. The van der Waals surface area contributed by atoms with Gasteiger partial charge in [-0.15, -0.1) is 0 Å². The molecule has 28 heavy (non-hydrogen) atoms. The van der Waals surface area contributed by atoms with Crippen molar-refractivity contribution < 1.29 is 31.8 Å². The molecule has 1 fully saturated rings. The van der Waals surface area contributed by atoms with Crippen LogP contribution in [0.1, 0.15) is 22.5 Å². The van der Waals surface area contributed by atoms with Crippen molar-refractivity contribution in [2.24, 2.45) is 0 Å². The molecule has 152 valence electrons. The zero-order chi connectivity index (χ0) is 20.3. The smallest absolute Gasteiger partial charge is 0.254 e. The summed E-state index contributed by atoms with van der Waals surface area (Å²) in [6.07, 6.45) is 1.90. The highest BCUT2D eigenvalue weighted by Gasteiger charge is 2.36. The third-order valence-corrected chi connectivity index (χ3v) is 6.48. The summed E-state index contributed by atoms with van der Waals surface area (Å²) in [6, 6.07) is 6.16. The molecule has 0 N–H and O–H groups in total. The van der Waals surface area contributed by atoms with E-state index in [0.717, 1.165) is 0 Å². The average molecular weight is 409 g/mol. The Morgan fingerprint density at radius 1 is 1.18 bits per heavy atom. The molecule has 0 radical (unpaired) electrons. The molecule has 1 aromatic carbocycles. The van der Waals surface area contributed by atoms with Crippen LogP contribution in [-0.4, -0.2) is 58.1 Å². The number of furan rings is 1. The fourth-order valence-corrected chi connectivity index (χ4v) is 5.06. The second-order valence-electron chi connectivity index (χ2n) is 6.48. The SMILES string of the molecule is COc1cc(C(=O)N(Cc2ccco2)[C@@H]2CCS(=O)(=O)C2)cc(OC)c1OC. The standard InChI is InChI=1S/C19H23NO7S/c1-24-16-9-13(10-17(25-2)18(16)26-3)19(21)20(11-15-5-4-7-27-15)14-6-8-28(22,23)12-14/h4-5,7,9-10,14H,6,8,11-12H2,1-3H3/t14-/m1/s1. The molecule has 2 heterocycles. The van der Waals surface area contributed by atoms with Gasteiger partial charge in [0.25, 0.3) is 5.91 Å². The lowest BCUT2D eigenvalue weighted by Crippen LogP contribution is -2.40. The molecule has 0 unspecified atom stereocenters. The molecule has 0 saturated carbocycles. The predicted octanol–water partition coefficient (Wildman–Crippen LogP) is 2.13. The van der Waals surface area contributed by atoms with Crippen molar-refractivity contribution >= 4 is 15.7 Å². The van der Waals surface area contributed by atoms with Crippen molar-refractivity contribution in [2.75, 3.05) is 32.8 Å². The van der Waals surface area contributed by atoms with Gasteiger partial charge in [-0.1, -0.05) is 0 Å². The van der Waals surface area contributed by atoms with Crippen molar-refractivity contribution in [1.82, 2.24) is 4.90 Å². The topological polar surface area (TPSA) is 95.3 Å². The molecular weight excluding hydrogens is 386 g/mol. The highest BCUT2D eigenvalue weighted by molar-refractivity contribution is 7.91. The number of benzene rings is 1. The minimum atomic E-state index is -3.17. The summed E-state index contributed by atoms with van der Waals surface area (Å²) in [5.74, 6) is 1.31. The van der Waals surface area contributed by atoms with Crippen LogP contribution in [0.15, 0.2) is 34.9 Å². The molecule has 1 amide bonds. The van der Waals surface area contributed by atoms with Gasteiger partial charge in [0.1, 0.15) is 5.76 Å². The van der Waals surface area contributed by atoms with E-state index in [0.29, 0.717) is 35.0 Å². The minimum absolute atomic E-state index is 0.0643. The van der Waals surface area contributed by atoms with E-state index in [-0.39, 0.29) is 24.0 Å². The molecule has 0 aliphatic carbocycles. The van der Waals surface area contributed by atoms with Crippen LogP contribution in [0.2, 0.25) is 0 Å². The van der Waals surface area contributed by atoms with Gasteiger partial charge in [0, 0.05) is 11.6 Å². The fraction of sp³-hybridized carbons (Fsp3) is 0.421. The van der Waals surface area contributed by atoms with E-state index in [1.807, 2.05) is 0 Å². The molecule has 1 aliphatic rings. The first-order valence-corrected chi connectivity index (χ1v) is 10.5. The second kappa shape index (κ2) is 8.14. The third-order valence-electron chi connectivity index (χ3n) is 4.73. The molecule has 2 aromatic rings. The number of carbonyl (C=O) groups is 1. The average Bonchev–Trinajstić information content (AvgIpc) is 3.33. The van der Waals surface area contributed by atoms with Crippen LogP contribution in [0.4, 0.5) is 0 Å². The zero-order valence-electron chi connectivity index (χ0n) is 16.0. The van der Waals surface area contributed by atoms with Gasteiger partial charge in [0.15, 0.2) is 21.3 Å². The first kappa shape index (κ1) is 20.1. The first-order valence-electron chi connectivity index (χ1n) is 8.72. The normalized spacial score (nSPS) is 17.9. The Hall–Kier alpha value is -2.68. The van der Waals surface area contributed by atoms with Crippen molar-refractivity contribution in [3.05, 3.63) is 41.9 Å². The second-order valence-corrected chi connectivity index (χ2v) is 8.71. The Morgan fingerprint density at radius 2 is 1.86 bits per heavy atom. The lowest BCUT2D eigenvalue weighted by Gasteiger charge is -2.28. The number of ether oxygens (including phenoxy) is 3. The maximum atomic E-state index is 13.3. The molecule has 8 nitrogen and oxygen atoms in total. The van der Waals surface area contributed by atoms with Gasteiger partial charge < -0.3 is 23.5 Å². The largest absolute Gasteiger partial charge is 0.493 e. The number of hydrogen-bond donors (Lipinski definition) is 0. The Morgan fingerprint density at radius 3 is 2.32 bits per heavy atom. The van der Waals surface area contributed by atoms with E-state index >= 15 is 0 Å². The Balaban J connectivity index is 1.99. The first-order chi connectivity index (χ1) is 13.4. The maximum absolute atomic E-state index is 13.3. The Bertz CT molecular complexity index is 912. The fourth-order valence-electron chi connectivity index (χ4n) is 3.33. The van der Waals surface area contributed by atoms with Crippen LogP contribution in [-0.2, 0) is 16.4 Å². The van der Waals surface area contributed by atoms with Crippen molar-refractivity contribution in [3.63, 3.8) is 0 Å². The lowest BCUT2D eigenvalue weighted by molar-refractivity contribution is 0.0665. The predicted molar refractivity (Wildman–Crippen MR) is 102 cm³/mol. The zero-order valence-corrected chi connectivity index (χ0v) is 16.8. The van der Waals surface area contributed by atoms with Crippen LogP contribution < -0.4 is 14.2 Å². The van der Waals surface area contributed by atoms with Crippen LogP contribution in [0.3, 0.4) is 0 Å². The lowest BCUT2D eigenvalue weighted by atomic mass is 10.1. The number of nitrogens with zero attached hydrogens (tertiary/aromatic N) is 1. The van der Waals surface area contributed by atoms with Gasteiger partial charge in [0.2, 0.25) is 5.75 Å². The molecular formula is C19H23NO7S. The van der Waals surface area contributed by atoms with Crippen molar-refractivity contribution in [2.45, 2.75) is 19.0 Å². The Labute approximate surface area is 163 Å². The number of rotatable bonds is 7. The maximum Gasteiger partial charge on any atom is 0.254 e. The molecule has 3 rings (SSSR count). The van der Waals surface area contributed by atoms with Gasteiger partial charge in [-0.2, -0.15) is 0 Å². The van der Waals surface area contributed by atoms with Gasteiger partial charge in [0.05, 0.1) is 45.6 Å². The van der Waals surface area contributed by atoms with Crippen LogP contribution in [0.5, 0.6) is 17.2 Å². The molecule has 1 aliphatic heterocycles. The highest BCUT2D eigenvalue weighted by Crippen LogP contribution is 2.39. The molecule has 1 aromatic heterocycles. The van der Waals surface area contributed by atoms with Crippen LogP contribution >= 0.6 is 0 Å². The monoisotopic (exact) mass is 409 g/mol. The van der Waals surface area contributed by atoms with Crippen LogP contribution in [0.25, 0.3) is 0 Å². The van der Waals surface area contributed by atoms with Gasteiger partial charge >= 0.3 is 0 Å². The third kappa shape index (κ3) is 4.09. The molecule has 0 spiro atoms. The van der Waals surface area contributed by atoms with E-state index in [2.05, 4.69) is 0 Å². The minimum Gasteiger partial charge on any atom is -0.493 e. The summed E-state index contributed by atoms with van der Waals surface area (Å²) in [7, 11) is 1.25. The molecule has 1 saturated heterocycles. The van der Waals surface area contributed by atoms with E-state index in [9.17, 15) is 13.2 Å². The van der Waals surface area contributed by atoms with E-state index in [1.54, 1.807) is 24.3 Å². The summed E-state index contributed by atoms with van der Waals surface area (Å²) >= 11 is 0. The molecule has 1 atom stereocenters. The van der Waals surface area contributed by atoms with Crippen LogP contribution in [0, 0.1) is 0 Å². The highest BCUT2D eigenvalue weighted by atomic mass is 32.2. The van der Waals surface area contributed by atoms with E-state index < -0.39 is 15.9 Å². The van der Waals surface area contributed by atoms with Crippen molar-refractivity contribution in [3.8, 4) is 17.2 Å². The van der Waals surface area contributed by atoms with E-state index in [1.165, 1.54) is 32.5 Å². The summed E-state index contributed by atoms with van der Waals surface area (Å²) in [4.78, 5) is 14.9. The number of carbonyl (C=O) groups excluding carboxylic acids is 1. The van der Waals surface area contributed by atoms with Gasteiger partial charge in [-0.3, -0.25) is 4.79 Å². The summed E-state index contributed by atoms with van der Waals surface area (Å²) < 4.78 is 45.3. The van der Waals surface area contributed by atoms with Crippen molar-refractivity contribution in [1.29, 1.82) is 0 Å². The summed E-state index contributed by atoms with van der Waals surface area (Å²) in [5, 5.41) is 0. The summed E-state index contributed by atoms with van der Waals surface area (Å²) in [5.41, 5.74) is 0.311. The molecule has 9 heteroatoms. The molecule has 0 bridgehead atoms. The van der Waals surface area contributed by atoms with Gasteiger partial charge in [-0.05, 0) is 30.7 Å². The van der Waals surface area contributed by atoms with Gasteiger partial charge in [-0.25, -0.2) is 8.42 Å². The number of hydrogen-bond acceptors (Lipinski definition) is 7. The number of sulfone groups is 1. The number of methoxy groups -OCH3 is 3. The summed E-state index contributed by atoms with van der Waals surface area (Å²) in [6.45, 7) is 0.169. The van der Waals surface area contributed by atoms with E-state index in [4.69, 9.17) is 18.6 Å². The quantitative estimate of drug-likeness (QED) is 0.691.